The zero-order valence-corrected chi connectivity index (χ0v) is 12.9. The van der Waals surface area contributed by atoms with Crippen molar-refractivity contribution in [2.45, 2.75) is 26.4 Å². The summed E-state index contributed by atoms with van der Waals surface area (Å²) in [5.41, 5.74) is 5.95. The molecule has 2 heterocycles. The third-order valence-corrected chi connectivity index (χ3v) is 4.48. The topological polar surface area (TPSA) is 64.2 Å². The minimum atomic E-state index is -0.0701. The molecule has 2 rings (SSSR count). The Labute approximate surface area is 123 Å². The van der Waals surface area contributed by atoms with Crippen molar-refractivity contribution in [3.8, 4) is 0 Å². The van der Waals surface area contributed by atoms with Gasteiger partial charge in [0.2, 0.25) is 0 Å². The fourth-order valence-corrected chi connectivity index (χ4v) is 2.94. The van der Waals surface area contributed by atoms with Crippen LogP contribution < -0.4 is 5.73 Å². The standard InChI is InChI=1S/C14H20N4OS/c1-10-4-5-13(20-10)11(2)17(3)14(19)12-8-18(7-6-15)9-16-12/h4-5,8-9,11H,6-7,15H2,1-3H3. The molecule has 0 spiro atoms. The summed E-state index contributed by atoms with van der Waals surface area (Å²) in [5, 5.41) is 0. The molecule has 0 aromatic carbocycles. The van der Waals surface area contributed by atoms with Gasteiger partial charge in [0.15, 0.2) is 0 Å². The van der Waals surface area contributed by atoms with Crippen LogP contribution in [0.25, 0.3) is 0 Å². The molecule has 0 saturated heterocycles. The van der Waals surface area contributed by atoms with Gasteiger partial charge in [-0.3, -0.25) is 4.79 Å². The van der Waals surface area contributed by atoms with E-state index in [2.05, 4.69) is 24.0 Å². The molecule has 0 aliphatic rings. The monoisotopic (exact) mass is 292 g/mol. The Hall–Kier alpha value is -1.66. The summed E-state index contributed by atoms with van der Waals surface area (Å²) >= 11 is 1.71. The van der Waals surface area contributed by atoms with Crippen molar-refractivity contribution in [3.05, 3.63) is 40.1 Å². The lowest BCUT2D eigenvalue weighted by Crippen LogP contribution is -2.29. The van der Waals surface area contributed by atoms with Gasteiger partial charge in [-0.1, -0.05) is 0 Å². The normalized spacial score (nSPS) is 12.4. The van der Waals surface area contributed by atoms with Gasteiger partial charge in [-0.2, -0.15) is 0 Å². The minimum absolute atomic E-state index is 0.0425. The van der Waals surface area contributed by atoms with Gasteiger partial charge in [-0.05, 0) is 26.0 Å². The lowest BCUT2D eigenvalue weighted by atomic mass is 10.2. The van der Waals surface area contributed by atoms with Crippen molar-refractivity contribution in [1.82, 2.24) is 14.5 Å². The fourth-order valence-electron chi connectivity index (χ4n) is 1.97. The number of thiophene rings is 1. The number of carbonyl (C=O) groups excluding carboxylic acids is 1. The Morgan fingerprint density at radius 2 is 2.30 bits per heavy atom. The van der Waals surface area contributed by atoms with Crippen molar-refractivity contribution < 1.29 is 4.79 Å². The van der Waals surface area contributed by atoms with Crippen LogP contribution in [-0.2, 0) is 6.54 Å². The maximum atomic E-state index is 12.4. The summed E-state index contributed by atoms with van der Waals surface area (Å²) < 4.78 is 1.83. The summed E-state index contributed by atoms with van der Waals surface area (Å²) in [5.74, 6) is -0.0701. The molecule has 2 N–H and O–H groups in total. The van der Waals surface area contributed by atoms with Gasteiger partial charge in [0, 0.05) is 36.1 Å². The van der Waals surface area contributed by atoms with Gasteiger partial charge in [0.25, 0.3) is 5.91 Å². The number of aryl methyl sites for hydroxylation is 1. The molecular weight excluding hydrogens is 272 g/mol. The summed E-state index contributed by atoms with van der Waals surface area (Å²) in [7, 11) is 1.81. The van der Waals surface area contributed by atoms with E-state index in [0.29, 0.717) is 18.8 Å². The lowest BCUT2D eigenvalue weighted by Gasteiger charge is -2.23. The molecule has 108 valence electrons. The van der Waals surface area contributed by atoms with Crippen molar-refractivity contribution in [2.75, 3.05) is 13.6 Å². The van der Waals surface area contributed by atoms with Crippen LogP contribution in [0.5, 0.6) is 0 Å². The van der Waals surface area contributed by atoms with E-state index in [0.717, 1.165) is 0 Å². The molecule has 2 aromatic heterocycles. The second-order valence-electron chi connectivity index (χ2n) is 4.83. The van der Waals surface area contributed by atoms with Crippen molar-refractivity contribution in [3.63, 3.8) is 0 Å². The first-order valence-corrected chi connectivity index (χ1v) is 7.40. The zero-order chi connectivity index (χ0) is 14.7. The SMILES string of the molecule is Cc1ccc(C(C)N(C)C(=O)c2cn(CCN)cn2)s1. The molecule has 2 aromatic rings. The number of hydrogen-bond acceptors (Lipinski definition) is 4. The number of hydrogen-bond donors (Lipinski definition) is 1. The van der Waals surface area contributed by atoms with E-state index < -0.39 is 0 Å². The number of rotatable bonds is 5. The van der Waals surface area contributed by atoms with Crippen molar-refractivity contribution in [2.24, 2.45) is 5.73 Å². The third-order valence-electron chi connectivity index (χ3n) is 3.31. The van der Waals surface area contributed by atoms with E-state index in [1.807, 2.05) is 18.5 Å². The molecule has 6 heteroatoms. The quantitative estimate of drug-likeness (QED) is 0.917. The van der Waals surface area contributed by atoms with Crippen LogP contribution in [0.3, 0.4) is 0 Å². The molecule has 0 bridgehead atoms. The Morgan fingerprint density at radius 3 is 2.90 bits per heavy atom. The molecule has 0 radical (unpaired) electrons. The average molecular weight is 292 g/mol. The van der Waals surface area contributed by atoms with Gasteiger partial charge >= 0.3 is 0 Å². The Balaban J connectivity index is 2.10. The lowest BCUT2D eigenvalue weighted by molar-refractivity contribution is 0.0739. The highest BCUT2D eigenvalue weighted by atomic mass is 32.1. The van der Waals surface area contributed by atoms with Gasteiger partial charge < -0.3 is 15.2 Å². The Bertz CT molecular complexity index is 590. The van der Waals surface area contributed by atoms with Crippen LogP contribution in [0.1, 0.15) is 33.2 Å². The van der Waals surface area contributed by atoms with Gasteiger partial charge in [0.1, 0.15) is 5.69 Å². The average Bonchev–Trinajstić information content (AvgIpc) is 3.06. The first-order chi connectivity index (χ1) is 9.52. The summed E-state index contributed by atoms with van der Waals surface area (Å²) in [6, 6.07) is 4.19. The van der Waals surface area contributed by atoms with Gasteiger partial charge in [-0.25, -0.2) is 4.98 Å². The molecular formula is C14H20N4OS. The first kappa shape index (κ1) is 14.7. The van der Waals surface area contributed by atoms with E-state index >= 15 is 0 Å². The Morgan fingerprint density at radius 1 is 1.55 bits per heavy atom. The van der Waals surface area contributed by atoms with E-state index in [-0.39, 0.29) is 11.9 Å². The predicted molar refractivity (Wildman–Crippen MR) is 80.8 cm³/mol. The highest BCUT2D eigenvalue weighted by Crippen LogP contribution is 2.27. The molecule has 1 amide bonds. The van der Waals surface area contributed by atoms with Gasteiger partial charge in [0.05, 0.1) is 12.4 Å². The molecule has 0 aliphatic carbocycles. The number of aromatic nitrogens is 2. The van der Waals surface area contributed by atoms with E-state index in [1.165, 1.54) is 9.75 Å². The molecule has 5 nitrogen and oxygen atoms in total. The summed E-state index contributed by atoms with van der Waals surface area (Å²) in [6.45, 7) is 5.30. The fraction of sp³-hybridized carbons (Fsp3) is 0.429. The molecule has 0 saturated carbocycles. The molecule has 1 unspecified atom stereocenters. The highest BCUT2D eigenvalue weighted by Gasteiger charge is 2.21. The first-order valence-electron chi connectivity index (χ1n) is 6.58. The van der Waals surface area contributed by atoms with Crippen LogP contribution in [0, 0.1) is 6.92 Å². The maximum Gasteiger partial charge on any atom is 0.274 e. The second kappa shape index (κ2) is 6.19. The molecule has 0 fully saturated rings. The van der Waals surface area contributed by atoms with Crippen molar-refractivity contribution in [1.29, 1.82) is 0 Å². The second-order valence-corrected chi connectivity index (χ2v) is 6.15. The number of nitrogens with two attached hydrogens (primary N) is 1. The zero-order valence-electron chi connectivity index (χ0n) is 12.0. The summed E-state index contributed by atoms with van der Waals surface area (Å²) in [6.07, 6.45) is 3.39. The predicted octanol–water partition coefficient (Wildman–Crippen LogP) is 2.04. The number of nitrogens with zero attached hydrogens (tertiary/aromatic N) is 3. The van der Waals surface area contributed by atoms with Crippen LogP contribution in [-0.4, -0.2) is 34.0 Å². The van der Waals surface area contributed by atoms with Gasteiger partial charge in [-0.15, -0.1) is 11.3 Å². The smallest absolute Gasteiger partial charge is 0.274 e. The van der Waals surface area contributed by atoms with Crippen molar-refractivity contribution >= 4 is 17.2 Å². The minimum Gasteiger partial charge on any atom is -0.335 e. The third kappa shape index (κ3) is 3.08. The molecule has 20 heavy (non-hydrogen) atoms. The van der Waals surface area contributed by atoms with E-state index in [9.17, 15) is 4.79 Å². The van der Waals surface area contributed by atoms with E-state index in [4.69, 9.17) is 5.73 Å². The van der Waals surface area contributed by atoms with Crippen LogP contribution in [0.4, 0.5) is 0 Å². The highest BCUT2D eigenvalue weighted by molar-refractivity contribution is 7.12. The maximum absolute atomic E-state index is 12.4. The van der Waals surface area contributed by atoms with Crippen LogP contribution in [0.2, 0.25) is 0 Å². The van der Waals surface area contributed by atoms with E-state index in [1.54, 1.807) is 28.8 Å². The largest absolute Gasteiger partial charge is 0.335 e. The Kier molecular flexibility index (Phi) is 4.57. The molecule has 1 atom stereocenters. The number of amides is 1. The van der Waals surface area contributed by atoms with Crippen LogP contribution >= 0.6 is 11.3 Å². The molecule has 0 aliphatic heterocycles. The summed E-state index contributed by atoms with van der Waals surface area (Å²) in [4.78, 5) is 20.7. The number of imidazole rings is 1. The van der Waals surface area contributed by atoms with Crippen LogP contribution in [0.15, 0.2) is 24.7 Å². The number of carbonyl (C=O) groups is 1.